The molecular weight excluding hydrogens is 564 g/mol. The van der Waals surface area contributed by atoms with Crippen LogP contribution < -0.4 is 10.6 Å². The van der Waals surface area contributed by atoms with Crippen LogP contribution in [0.3, 0.4) is 0 Å². The fourth-order valence-electron chi connectivity index (χ4n) is 5.19. The van der Waals surface area contributed by atoms with Gasteiger partial charge in [-0.2, -0.15) is 0 Å². The average Bonchev–Trinajstić information content (AvgIpc) is 2.90. The second kappa shape index (κ2) is 13.8. The van der Waals surface area contributed by atoms with Crippen LogP contribution in [0.1, 0.15) is 129 Å². The van der Waals surface area contributed by atoms with Crippen LogP contribution in [0.2, 0.25) is 0 Å². The first-order valence-corrected chi connectivity index (χ1v) is 15.6. The van der Waals surface area contributed by atoms with Gasteiger partial charge in [-0.15, -0.1) is 0 Å². The minimum absolute atomic E-state index is 0.116. The molecule has 2 rings (SSSR count). The quantitative estimate of drug-likeness (QED) is 0.204. The second-order valence-electron chi connectivity index (χ2n) is 15.9. The molecule has 45 heavy (non-hydrogen) atoms. The Bertz CT molecular complexity index is 1230. The molecule has 0 aliphatic rings. The summed E-state index contributed by atoms with van der Waals surface area (Å²) >= 11 is 0. The summed E-state index contributed by atoms with van der Waals surface area (Å²) in [5.41, 5.74) is 3.08. The smallest absolute Gasteiger partial charge is 0.243 e. The van der Waals surface area contributed by atoms with Gasteiger partial charge in [0.05, 0.1) is 0 Å². The molecule has 0 fully saturated rings. The molecule has 2 atom stereocenters. The molecule has 7 heteroatoms. The molecule has 2 unspecified atom stereocenters. The van der Waals surface area contributed by atoms with Crippen molar-refractivity contribution in [3.63, 3.8) is 0 Å². The minimum Gasteiger partial charge on any atom is -0.507 e. The van der Waals surface area contributed by atoms with Gasteiger partial charge in [-0.1, -0.05) is 96.2 Å². The first-order valence-electron chi connectivity index (χ1n) is 15.6. The first-order chi connectivity index (χ1) is 20.4. The number of phenols is 2. The largest absolute Gasteiger partial charge is 0.507 e. The molecule has 0 saturated heterocycles. The maximum absolute atomic E-state index is 12.4. The molecule has 0 aliphatic heterocycles. The fraction of sp³-hybridized carbons (Fsp3) is 0.526. The summed E-state index contributed by atoms with van der Waals surface area (Å²) in [6, 6.07) is 7.75. The number of nitrogens with one attached hydrogen (secondary N) is 2. The van der Waals surface area contributed by atoms with E-state index in [4.69, 9.17) is 4.74 Å². The van der Waals surface area contributed by atoms with Crippen LogP contribution in [0, 0.1) is 0 Å². The highest BCUT2D eigenvalue weighted by Gasteiger charge is 2.32. The van der Waals surface area contributed by atoms with Gasteiger partial charge < -0.3 is 25.6 Å². The Labute approximate surface area is 271 Å². The van der Waals surface area contributed by atoms with Gasteiger partial charge >= 0.3 is 0 Å². The highest BCUT2D eigenvalue weighted by Crippen LogP contribution is 2.44. The third-order valence-electron chi connectivity index (χ3n) is 7.86. The molecule has 0 saturated carbocycles. The van der Waals surface area contributed by atoms with Crippen molar-refractivity contribution in [2.45, 2.75) is 117 Å². The van der Waals surface area contributed by atoms with Gasteiger partial charge in [0.1, 0.15) is 23.7 Å². The van der Waals surface area contributed by atoms with Crippen LogP contribution in [0.15, 0.2) is 49.6 Å². The summed E-state index contributed by atoms with van der Waals surface area (Å²) in [6.07, 6.45) is 1.07. The van der Waals surface area contributed by atoms with Crippen LogP contribution in [-0.2, 0) is 36.0 Å². The molecule has 0 bridgehead atoms. The van der Waals surface area contributed by atoms with Crippen LogP contribution in [0.4, 0.5) is 0 Å². The molecule has 0 spiro atoms. The zero-order chi connectivity index (χ0) is 34.7. The monoisotopic (exact) mass is 620 g/mol. The lowest BCUT2D eigenvalue weighted by atomic mass is 9.77. The Hall–Kier alpha value is -3.58. The molecule has 2 aromatic carbocycles. The van der Waals surface area contributed by atoms with Crippen molar-refractivity contribution in [2.24, 2.45) is 0 Å². The standard InChI is InChI=1S/C38H56N2O5/c1-15-31(41)39-21-29(23-17-25(35(3,4)5)33(43)26(18-23)36(6,7)8)45-30(22-40-32(42)16-2)24-19-27(37(9,10)11)34(44)28(20-24)38(12,13)14/h15-20,29-30,43-44H,1-2,21-22H2,3-14H3,(H,39,41)(H,40,42). The molecule has 2 amide bonds. The van der Waals surface area contributed by atoms with Crippen LogP contribution >= 0.6 is 0 Å². The Morgan fingerprint density at radius 1 is 0.622 bits per heavy atom. The number of benzene rings is 2. The Morgan fingerprint density at radius 3 is 1.07 bits per heavy atom. The van der Waals surface area contributed by atoms with Crippen molar-refractivity contribution in [1.82, 2.24) is 10.6 Å². The Morgan fingerprint density at radius 2 is 0.867 bits per heavy atom. The second-order valence-corrected chi connectivity index (χ2v) is 15.9. The van der Waals surface area contributed by atoms with Crippen molar-refractivity contribution < 1.29 is 24.5 Å². The Balaban J connectivity index is 2.90. The molecule has 7 nitrogen and oxygen atoms in total. The number of hydrogen-bond acceptors (Lipinski definition) is 5. The van der Waals surface area contributed by atoms with Crippen molar-refractivity contribution >= 4 is 11.8 Å². The molecule has 0 heterocycles. The van der Waals surface area contributed by atoms with E-state index in [0.717, 1.165) is 33.4 Å². The summed E-state index contributed by atoms with van der Waals surface area (Å²) in [6.45, 7) is 31.9. The van der Waals surface area contributed by atoms with Crippen LogP contribution in [0.5, 0.6) is 11.5 Å². The third-order valence-corrected chi connectivity index (χ3v) is 7.86. The molecule has 0 aromatic heterocycles. The lowest BCUT2D eigenvalue weighted by molar-refractivity contribution is -0.117. The van der Waals surface area contributed by atoms with Gasteiger partial charge in [0.15, 0.2) is 0 Å². The molecule has 248 valence electrons. The number of carbonyl (C=O) groups excluding carboxylic acids is 2. The topological polar surface area (TPSA) is 108 Å². The maximum Gasteiger partial charge on any atom is 0.243 e. The van der Waals surface area contributed by atoms with E-state index in [-0.39, 0.29) is 58.1 Å². The zero-order valence-electron chi connectivity index (χ0n) is 29.6. The van der Waals surface area contributed by atoms with Crippen molar-refractivity contribution in [2.75, 3.05) is 13.1 Å². The number of phenolic OH excluding ortho intramolecular Hbond substituents is 2. The van der Waals surface area contributed by atoms with E-state index in [0.29, 0.717) is 0 Å². The third kappa shape index (κ3) is 9.70. The highest BCUT2D eigenvalue weighted by molar-refractivity contribution is 5.87. The van der Waals surface area contributed by atoms with Crippen molar-refractivity contribution in [3.8, 4) is 11.5 Å². The van der Waals surface area contributed by atoms with E-state index in [2.05, 4.69) is 23.8 Å². The number of hydrogen-bond donors (Lipinski definition) is 4. The Kier molecular flexibility index (Phi) is 11.5. The minimum atomic E-state index is -0.674. The van der Waals surface area contributed by atoms with Crippen LogP contribution in [0.25, 0.3) is 0 Å². The van der Waals surface area contributed by atoms with Gasteiger partial charge in [-0.25, -0.2) is 0 Å². The predicted molar refractivity (Wildman–Crippen MR) is 184 cm³/mol. The zero-order valence-corrected chi connectivity index (χ0v) is 29.6. The number of amides is 2. The van der Waals surface area contributed by atoms with E-state index in [1.807, 2.05) is 107 Å². The van der Waals surface area contributed by atoms with Gasteiger partial charge in [0.25, 0.3) is 0 Å². The highest BCUT2D eigenvalue weighted by atomic mass is 16.5. The average molecular weight is 621 g/mol. The maximum atomic E-state index is 12.4. The molecule has 0 aliphatic carbocycles. The molecule has 2 aromatic rings. The number of ether oxygens (including phenoxy) is 1. The normalized spacial score (nSPS) is 14.0. The number of carbonyl (C=O) groups is 2. The summed E-state index contributed by atoms with van der Waals surface area (Å²) in [5.74, 6) is -0.211. The number of aromatic hydroxyl groups is 2. The predicted octanol–water partition coefficient (Wildman–Crippen LogP) is 7.69. The lowest BCUT2D eigenvalue weighted by Gasteiger charge is -2.33. The molecular formula is C38H56N2O5. The van der Waals surface area contributed by atoms with E-state index in [1.165, 1.54) is 12.2 Å². The first kappa shape index (κ1) is 37.6. The van der Waals surface area contributed by atoms with Crippen molar-refractivity contribution in [3.05, 3.63) is 83.0 Å². The lowest BCUT2D eigenvalue weighted by Crippen LogP contribution is -2.33. The summed E-state index contributed by atoms with van der Waals surface area (Å²) < 4.78 is 6.90. The van der Waals surface area contributed by atoms with E-state index in [9.17, 15) is 19.8 Å². The molecule has 0 radical (unpaired) electrons. The molecule has 4 N–H and O–H groups in total. The van der Waals surface area contributed by atoms with Crippen LogP contribution in [-0.4, -0.2) is 35.1 Å². The van der Waals surface area contributed by atoms with E-state index < -0.39 is 12.2 Å². The SMILES string of the molecule is C=CC(=O)NCC(OC(CNC(=O)C=C)c1cc(C(C)(C)C)c(O)c(C(C)(C)C)c1)c1cc(C(C)(C)C)c(O)c(C(C)(C)C)c1. The summed E-state index contributed by atoms with van der Waals surface area (Å²) in [4.78, 5) is 24.8. The van der Waals surface area contributed by atoms with Gasteiger partial charge in [0, 0.05) is 13.1 Å². The van der Waals surface area contributed by atoms with Gasteiger partial charge in [-0.05, 0) is 91.5 Å². The van der Waals surface area contributed by atoms with Gasteiger partial charge in [-0.3, -0.25) is 9.59 Å². The number of rotatable bonds is 10. The van der Waals surface area contributed by atoms with Crippen molar-refractivity contribution in [1.29, 1.82) is 0 Å². The van der Waals surface area contributed by atoms with E-state index >= 15 is 0 Å². The van der Waals surface area contributed by atoms with Gasteiger partial charge in [0.2, 0.25) is 11.8 Å². The van der Waals surface area contributed by atoms with E-state index in [1.54, 1.807) is 0 Å². The summed E-state index contributed by atoms with van der Waals surface area (Å²) in [5, 5.41) is 28.6. The fourth-order valence-corrected chi connectivity index (χ4v) is 5.19. The summed E-state index contributed by atoms with van der Waals surface area (Å²) in [7, 11) is 0.